The van der Waals surface area contributed by atoms with Gasteiger partial charge >= 0.3 is 5.97 Å². The van der Waals surface area contributed by atoms with Gasteiger partial charge in [-0.3, -0.25) is 4.79 Å². The van der Waals surface area contributed by atoms with Crippen molar-refractivity contribution in [3.8, 4) is 0 Å². The highest BCUT2D eigenvalue weighted by molar-refractivity contribution is 6.01. The number of ether oxygens (including phenoxy) is 1. The van der Waals surface area contributed by atoms with Crippen molar-refractivity contribution in [3.05, 3.63) is 29.8 Å². The molecule has 0 aliphatic rings. The van der Waals surface area contributed by atoms with E-state index < -0.39 is 5.97 Å². The zero-order valence-corrected chi connectivity index (χ0v) is 10.6. The summed E-state index contributed by atoms with van der Waals surface area (Å²) in [6.45, 7) is 3.77. The van der Waals surface area contributed by atoms with Crippen molar-refractivity contribution in [3.63, 3.8) is 0 Å². The van der Waals surface area contributed by atoms with Crippen LogP contribution in [0.1, 0.15) is 30.6 Å². The smallest absolute Gasteiger partial charge is 0.340 e. The number of carbonyl (C=O) groups excluding carboxylic acids is 2. The predicted molar refractivity (Wildman–Crippen MR) is 69.3 cm³/mol. The van der Waals surface area contributed by atoms with Gasteiger partial charge in [0.1, 0.15) is 0 Å². The van der Waals surface area contributed by atoms with Crippen LogP contribution in [-0.4, -0.2) is 24.5 Å². The fraction of sp³-hybridized carbons (Fsp3) is 0.385. The van der Waals surface area contributed by atoms with E-state index in [1.165, 1.54) is 0 Å². The minimum Gasteiger partial charge on any atom is -0.462 e. The SMILES string of the molecule is CCOC(=O)c1ccccc1NC(=O)CC(C)N. The van der Waals surface area contributed by atoms with E-state index in [1.54, 1.807) is 38.1 Å². The first-order valence-corrected chi connectivity index (χ1v) is 5.86. The molecule has 0 aliphatic carbocycles. The molecule has 5 nitrogen and oxygen atoms in total. The fourth-order valence-corrected chi connectivity index (χ4v) is 1.47. The number of nitrogens with one attached hydrogen (secondary N) is 1. The van der Waals surface area contributed by atoms with Gasteiger partial charge in [-0.15, -0.1) is 0 Å². The molecular formula is C13H18N2O3. The van der Waals surface area contributed by atoms with Gasteiger partial charge in [0.15, 0.2) is 0 Å². The Morgan fingerprint density at radius 1 is 1.39 bits per heavy atom. The molecule has 1 aromatic rings. The molecule has 18 heavy (non-hydrogen) atoms. The number of hydrogen-bond donors (Lipinski definition) is 2. The third-order valence-electron chi connectivity index (χ3n) is 2.20. The summed E-state index contributed by atoms with van der Waals surface area (Å²) in [5, 5.41) is 2.66. The van der Waals surface area contributed by atoms with E-state index in [0.717, 1.165) is 0 Å². The van der Waals surface area contributed by atoms with Crippen molar-refractivity contribution in [2.45, 2.75) is 26.3 Å². The summed E-state index contributed by atoms with van der Waals surface area (Å²) >= 11 is 0. The highest BCUT2D eigenvalue weighted by Gasteiger charge is 2.14. The van der Waals surface area contributed by atoms with Crippen LogP contribution in [0.5, 0.6) is 0 Å². The fourth-order valence-electron chi connectivity index (χ4n) is 1.47. The maximum Gasteiger partial charge on any atom is 0.340 e. The van der Waals surface area contributed by atoms with Crippen molar-refractivity contribution in [2.75, 3.05) is 11.9 Å². The van der Waals surface area contributed by atoms with E-state index in [0.29, 0.717) is 17.9 Å². The topological polar surface area (TPSA) is 81.4 Å². The lowest BCUT2D eigenvalue weighted by Gasteiger charge is -2.11. The molecule has 0 spiro atoms. The second-order valence-corrected chi connectivity index (χ2v) is 4.00. The number of carbonyl (C=O) groups is 2. The molecule has 0 bridgehead atoms. The van der Waals surface area contributed by atoms with Crippen LogP contribution in [0.25, 0.3) is 0 Å². The number of hydrogen-bond acceptors (Lipinski definition) is 4. The molecule has 1 atom stereocenters. The van der Waals surface area contributed by atoms with Crippen molar-refractivity contribution in [1.82, 2.24) is 0 Å². The van der Waals surface area contributed by atoms with Crippen LogP contribution in [0.2, 0.25) is 0 Å². The number of para-hydroxylation sites is 1. The molecule has 0 aromatic heterocycles. The first-order valence-electron chi connectivity index (χ1n) is 5.86. The maximum absolute atomic E-state index is 11.7. The molecule has 3 N–H and O–H groups in total. The molecule has 1 unspecified atom stereocenters. The van der Waals surface area contributed by atoms with Crippen molar-refractivity contribution in [2.24, 2.45) is 5.73 Å². The highest BCUT2D eigenvalue weighted by Crippen LogP contribution is 2.16. The Hall–Kier alpha value is -1.88. The Morgan fingerprint density at radius 2 is 2.06 bits per heavy atom. The van der Waals surface area contributed by atoms with E-state index in [1.807, 2.05) is 0 Å². The Kier molecular flexibility index (Phi) is 5.32. The number of benzene rings is 1. The van der Waals surface area contributed by atoms with Crippen LogP contribution in [0.4, 0.5) is 5.69 Å². The van der Waals surface area contributed by atoms with Crippen LogP contribution in [0, 0.1) is 0 Å². The van der Waals surface area contributed by atoms with Gasteiger partial charge in [0.25, 0.3) is 0 Å². The monoisotopic (exact) mass is 250 g/mol. The zero-order chi connectivity index (χ0) is 13.5. The van der Waals surface area contributed by atoms with Gasteiger partial charge in [-0.2, -0.15) is 0 Å². The Bertz CT molecular complexity index is 430. The predicted octanol–water partition coefficient (Wildman–Crippen LogP) is 1.54. The molecule has 0 saturated heterocycles. The summed E-state index contributed by atoms with van der Waals surface area (Å²) in [6, 6.07) is 6.50. The third-order valence-corrected chi connectivity index (χ3v) is 2.20. The molecule has 0 aliphatic heterocycles. The number of amides is 1. The van der Waals surface area contributed by atoms with Crippen molar-refractivity contribution < 1.29 is 14.3 Å². The minimum absolute atomic E-state index is 0.206. The Labute approximate surface area is 106 Å². The first-order chi connectivity index (χ1) is 8.54. The molecule has 1 rings (SSSR count). The van der Waals surface area contributed by atoms with Gasteiger partial charge in [-0.25, -0.2) is 4.79 Å². The van der Waals surface area contributed by atoms with Crippen LogP contribution in [0.3, 0.4) is 0 Å². The first kappa shape index (κ1) is 14.2. The average Bonchev–Trinajstić information content (AvgIpc) is 2.28. The van der Waals surface area contributed by atoms with Crippen molar-refractivity contribution in [1.29, 1.82) is 0 Å². The summed E-state index contributed by atoms with van der Waals surface area (Å²) in [5.41, 5.74) is 6.33. The van der Waals surface area contributed by atoms with Gasteiger partial charge in [-0.05, 0) is 26.0 Å². The number of anilines is 1. The largest absolute Gasteiger partial charge is 0.462 e. The van der Waals surface area contributed by atoms with Gasteiger partial charge in [0, 0.05) is 12.5 Å². The lowest BCUT2D eigenvalue weighted by Crippen LogP contribution is -2.24. The van der Waals surface area contributed by atoms with Crippen molar-refractivity contribution >= 4 is 17.6 Å². The average molecular weight is 250 g/mol. The summed E-state index contributed by atoms with van der Waals surface area (Å²) in [7, 11) is 0. The zero-order valence-electron chi connectivity index (χ0n) is 10.6. The summed E-state index contributed by atoms with van der Waals surface area (Å²) in [4.78, 5) is 23.3. The quantitative estimate of drug-likeness (QED) is 0.777. The van der Waals surface area contributed by atoms with Gasteiger partial charge < -0.3 is 15.8 Å². The second kappa shape index (κ2) is 6.76. The normalized spacial score (nSPS) is 11.7. The van der Waals surface area contributed by atoms with E-state index in [4.69, 9.17) is 10.5 Å². The van der Waals surface area contributed by atoms with E-state index in [9.17, 15) is 9.59 Å². The summed E-state index contributed by atoms with van der Waals surface area (Å²) in [6.07, 6.45) is 0.206. The van der Waals surface area contributed by atoms with E-state index in [-0.39, 0.29) is 18.4 Å². The summed E-state index contributed by atoms with van der Waals surface area (Å²) in [5.74, 6) is -0.670. The third kappa shape index (κ3) is 4.18. The number of rotatable bonds is 5. The molecular weight excluding hydrogens is 232 g/mol. The molecule has 1 amide bonds. The molecule has 0 fully saturated rings. The minimum atomic E-state index is -0.450. The molecule has 98 valence electrons. The van der Waals surface area contributed by atoms with Crippen LogP contribution >= 0.6 is 0 Å². The van der Waals surface area contributed by atoms with Crippen LogP contribution in [-0.2, 0) is 9.53 Å². The lowest BCUT2D eigenvalue weighted by atomic mass is 10.1. The van der Waals surface area contributed by atoms with Crippen LogP contribution < -0.4 is 11.1 Å². The number of nitrogens with two attached hydrogens (primary N) is 1. The van der Waals surface area contributed by atoms with Crippen LogP contribution in [0.15, 0.2) is 24.3 Å². The Balaban J connectivity index is 2.82. The molecule has 0 heterocycles. The van der Waals surface area contributed by atoms with Gasteiger partial charge in [0.05, 0.1) is 17.9 Å². The molecule has 0 radical (unpaired) electrons. The van der Waals surface area contributed by atoms with Gasteiger partial charge in [0.2, 0.25) is 5.91 Å². The van der Waals surface area contributed by atoms with E-state index >= 15 is 0 Å². The maximum atomic E-state index is 11.7. The second-order valence-electron chi connectivity index (χ2n) is 4.00. The molecule has 0 saturated carbocycles. The lowest BCUT2D eigenvalue weighted by molar-refractivity contribution is -0.116. The Morgan fingerprint density at radius 3 is 2.67 bits per heavy atom. The van der Waals surface area contributed by atoms with Gasteiger partial charge in [-0.1, -0.05) is 12.1 Å². The van der Waals surface area contributed by atoms with E-state index in [2.05, 4.69) is 5.32 Å². The molecule has 5 heteroatoms. The number of esters is 1. The summed E-state index contributed by atoms with van der Waals surface area (Å²) < 4.78 is 4.92. The molecule has 1 aromatic carbocycles. The standard InChI is InChI=1S/C13H18N2O3/c1-3-18-13(17)10-6-4-5-7-11(10)15-12(16)8-9(2)14/h4-7,9H,3,8,14H2,1-2H3,(H,15,16). The highest BCUT2D eigenvalue weighted by atomic mass is 16.5.